The van der Waals surface area contributed by atoms with Crippen molar-refractivity contribution in [3.8, 4) is 11.5 Å². The molecule has 0 saturated heterocycles. The van der Waals surface area contributed by atoms with Gasteiger partial charge in [-0.2, -0.15) is 0 Å². The van der Waals surface area contributed by atoms with Gasteiger partial charge in [-0.3, -0.25) is 4.79 Å². The average molecular weight is 351 g/mol. The number of nitrogens with one attached hydrogen (secondary N) is 3. The highest BCUT2D eigenvalue weighted by atomic mass is 16.7. The first-order valence-corrected chi connectivity index (χ1v) is 8.70. The molecule has 0 spiro atoms. The fourth-order valence-electron chi connectivity index (χ4n) is 3.11. The molecule has 4 rings (SSSR count). The number of benzene rings is 2. The Morgan fingerprint density at radius 1 is 1.12 bits per heavy atom. The van der Waals surface area contributed by atoms with E-state index in [0.29, 0.717) is 13.1 Å². The first-order valence-electron chi connectivity index (χ1n) is 8.70. The molecule has 26 heavy (non-hydrogen) atoms. The minimum atomic E-state index is -0.00872. The number of hydrogen-bond donors (Lipinski definition) is 3. The Kier molecular flexibility index (Phi) is 4.75. The second-order valence-electron chi connectivity index (χ2n) is 6.25. The van der Waals surface area contributed by atoms with Crippen molar-refractivity contribution in [2.75, 3.05) is 19.9 Å². The fraction of sp³-hybridized carbons (Fsp3) is 0.250. The summed E-state index contributed by atoms with van der Waals surface area (Å²) in [5, 5.41) is 7.32. The highest BCUT2D eigenvalue weighted by molar-refractivity contribution is 5.83. The molecule has 0 radical (unpaired) electrons. The average Bonchev–Trinajstić information content (AvgIpc) is 3.28. The summed E-state index contributed by atoms with van der Waals surface area (Å²) < 4.78 is 10.6. The predicted molar refractivity (Wildman–Crippen MR) is 99.3 cm³/mol. The number of aromatic amines is 1. The van der Waals surface area contributed by atoms with Crippen molar-refractivity contribution in [3.63, 3.8) is 0 Å². The monoisotopic (exact) mass is 351 g/mol. The Labute approximate surface area is 151 Å². The third-order valence-electron chi connectivity index (χ3n) is 4.44. The van der Waals surface area contributed by atoms with Crippen LogP contribution in [0.15, 0.2) is 48.7 Å². The van der Waals surface area contributed by atoms with Crippen LogP contribution in [0.5, 0.6) is 11.5 Å². The molecule has 1 aromatic heterocycles. The van der Waals surface area contributed by atoms with Crippen molar-refractivity contribution < 1.29 is 14.3 Å². The van der Waals surface area contributed by atoms with E-state index in [-0.39, 0.29) is 19.2 Å². The van der Waals surface area contributed by atoms with E-state index < -0.39 is 0 Å². The van der Waals surface area contributed by atoms with Crippen LogP contribution >= 0.6 is 0 Å². The summed E-state index contributed by atoms with van der Waals surface area (Å²) in [5.74, 6) is 1.52. The standard InChI is InChI=1S/C20H21N3O3/c24-20(12-21-10-14-5-6-18-19(9-14)26-13-25-18)22-8-7-15-11-23-17-4-2-1-3-16(15)17/h1-6,9,11,21,23H,7-8,10,12-13H2,(H,22,24). The Morgan fingerprint density at radius 3 is 2.96 bits per heavy atom. The molecule has 1 aliphatic rings. The van der Waals surface area contributed by atoms with Gasteiger partial charge in [-0.25, -0.2) is 0 Å². The third-order valence-corrected chi connectivity index (χ3v) is 4.44. The van der Waals surface area contributed by atoms with E-state index in [1.807, 2.05) is 36.5 Å². The van der Waals surface area contributed by atoms with Crippen LogP contribution in [0.1, 0.15) is 11.1 Å². The first kappa shape index (κ1) is 16.5. The summed E-state index contributed by atoms with van der Waals surface area (Å²) in [5.41, 5.74) is 3.40. The van der Waals surface area contributed by atoms with Crippen LogP contribution in [0.2, 0.25) is 0 Å². The lowest BCUT2D eigenvalue weighted by atomic mass is 10.1. The molecule has 6 nitrogen and oxygen atoms in total. The van der Waals surface area contributed by atoms with Crippen molar-refractivity contribution in [3.05, 3.63) is 59.8 Å². The lowest BCUT2D eigenvalue weighted by molar-refractivity contribution is -0.120. The summed E-state index contributed by atoms with van der Waals surface area (Å²) in [6.45, 7) is 1.77. The Balaban J connectivity index is 1.20. The normalized spacial score (nSPS) is 12.5. The number of carbonyl (C=O) groups is 1. The lowest BCUT2D eigenvalue weighted by Gasteiger charge is -2.07. The molecular weight excluding hydrogens is 330 g/mol. The summed E-state index contributed by atoms with van der Waals surface area (Å²) in [6.07, 6.45) is 2.81. The van der Waals surface area contributed by atoms with Crippen LogP contribution in [-0.4, -0.2) is 30.8 Å². The van der Waals surface area contributed by atoms with Gasteiger partial charge in [-0.05, 0) is 35.7 Å². The molecule has 1 amide bonds. The lowest BCUT2D eigenvalue weighted by Crippen LogP contribution is -2.34. The highest BCUT2D eigenvalue weighted by Crippen LogP contribution is 2.32. The number of para-hydroxylation sites is 1. The van der Waals surface area contributed by atoms with Crippen molar-refractivity contribution in [2.45, 2.75) is 13.0 Å². The van der Waals surface area contributed by atoms with Gasteiger partial charge >= 0.3 is 0 Å². The number of amides is 1. The quantitative estimate of drug-likeness (QED) is 0.611. The van der Waals surface area contributed by atoms with Gasteiger partial charge < -0.3 is 25.1 Å². The molecule has 0 unspecified atom stereocenters. The molecule has 2 aromatic carbocycles. The van der Waals surface area contributed by atoms with Crippen molar-refractivity contribution in [1.82, 2.24) is 15.6 Å². The van der Waals surface area contributed by atoms with Gasteiger partial charge in [0, 0.05) is 30.2 Å². The summed E-state index contributed by atoms with van der Waals surface area (Å²) >= 11 is 0. The van der Waals surface area contributed by atoms with Crippen LogP contribution < -0.4 is 20.1 Å². The number of ether oxygens (including phenoxy) is 2. The van der Waals surface area contributed by atoms with Crippen LogP contribution in [-0.2, 0) is 17.8 Å². The number of H-pyrrole nitrogens is 1. The maximum Gasteiger partial charge on any atom is 0.233 e. The zero-order chi connectivity index (χ0) is 17.8. The first-order chi connectivity index (χ1) is 12.8. The molecule has 1 aliphatic heterocycles. The van der Waals surface area contributed by atoms with E-state index in [2.05, 4.69) is 27.8 Å². The molecule has 6 heteroatoms. The van der Waals surface area contributed by atoms with E-state index in [1.165, 1.54) is 10.9 Å². The van der Waals surface area contributed by atoms with Gasteiger partial charge in [0.25, 0.3) is 0 Å². The Bertz CT molecular complexity index is 920. The van der Waals surface area contributed by atoms with E-state index in [0.717, 1.165) is 29.0 Å². The molecular formula is C20H21N3O3. The van der Waals surface area contributed by atoms with Crippen molar-refractivity contribution >= 4 is 16.8 Å². The van der Waals surface area contributed by atoms with E-state index in [1.54, 1.807) is 0 Å². The van der Waals surface area contributed by atoms with E-state index >= 15 is 0 Å². The summed E-state index contributed by atoms with van der Waals surface area (Å²) in [4.78, 5) is 15.2. The minimum Gasteiger partial charge on any atom is -0.454 e. The van der Waals surface area contributed by atoms with Gasteiger partial charge in [0.2, 0.25) is 12.7 Å². The zero-order valence-electron chi connectivity index (χ0n) is 14.4. The number of rotatable bonds is 7. The second-order valence-corrected chi connectivity index (χ2v) is 6.25. The minimum absolute atomic E-state index is 0.00872. The van der Waals surface area contributed by atoms with Gasteiger partial charge in [-0.15, -0.1) is 0 Å². The smallest absolute Gasteiger partial charge is 0.233 e. The Morgan fingerprint density at radius 2 is 2.00 bits per heavy atom. The van der Waals surface area contributed by atoms with Gasteiger partial charge in [-0.1, -0.05) is 24.3 Å². The van der Waals surface area contributed by atoms with Crippen LogP contribution in [0.25, 0.3) is 10.9 Å². The number of aromatic nitrogens is 1. The largest absolute Gasteiger partial charge is 0.454 e. The fourth-order valence-corrected chi connectivity index (χ4v) is 3.11. The predicted octanol–water partition coefficient (Wildman–Crippen LogP) is 2.35. The van der Waals surface area contributed by atoms with Crippen LogP contribution in [0.3, 0.4) is 0 Å². The molecule has 0 aliphatic carbocycles. The van der Waals surface area contributed by atoms with Crippen molar-refractivity contribution in [1.29, 1.82) is 0 Å². The number of carbonyl (C=O) groups excluding carboxylic acids is 1. The van der Waals surface area contributed by atoms with Crippen LogP contribution in [0.4, 0.5) is 0 Å². The molecule has 0 bridgehead atoms. The topological polar surface area (TPSA) is 75.4 Å². The third kappa shape index (κ3) is 3.65. The highest BCUT2D eigenvalue weighted by Gasteiger charge is 2.13. The van der Waals surface area contributed by atoms with Crippen molar-refractivity contribution in [2.24, 2.45) is 0 Å². The summed E-state index contributed by atoms with van der Waals surface area (Å²) in [6, 6.07) is 14.0. The number of fused-ring (bicyclic) bond motifs is 2. The molecule has 134 valence electrons. The molecule has 0 saturated carbocycles. The maximum absolute atomic E-state index is 12.0. The molecule has 3 aromatic rings. The van der Waals surface area contributed by atoms with Gasteiger partial charge in [0.1, 0.15) is 0 Å². The molecule has 3 N–H and O–H groups in total. The molecule has 0 fully saturated rings. The van der Waals surface area contributed by atoms with Gasteiger partial charge in [0.15, 0.2) is 11.5 Å². The molecule has 0 atom stereocenters. The Hall–Kier alpha value is -2.99. The molecule has 2 heterocycles. The van der Waals surface area contributed by atoms with Crippen LogP contribution in [0, 0.1) is 0 Å². The SMILES string of the molecule is O=C(CNCc1ccc2c(c1)OCO2)NCCc1c[nH]c2ccccc12. The van der Waals surface area contributed by atoms with Gasteiger partial charge in [0.05, 0.1) is 6.54 Å². The second kappa shape index (κ2) is 7.49. The van der Waals surface area contributed by atoms with E-state index in [4.69, 9.17) is 9.47 Å². The number of hydrogen-bond acceptors (Lipinski definition) is 4. The summed E-state index contributed by atoms with van der Waals surface area (Å²) in [7, 11) is 0. The van der Waals surface area contributed by atoms with E-state index in [9.17, 15) is 4.79 Å². The zero-order valence-corrected chi connectivity index (χ0v) is 14.4. The maximum atomic E-state index is 12.0.